The Morgan fingerprint density at radius 1 is 1.28 bits per heavy atom. The molecule has 18 heavy (non-hydrogen) atoms. The molecule has 1 heterocycles. The normalized spacial score (nSPS) is 19.7. The molecule has 4 heteroatoms. The van der Waals surface area contributed by atoms with Gasteiger partial charge in [0, 0.05) is 17.5 Å². The summed E-state index contributed by atoms with van der Waals surface area (Å²) < 4.78 is 12.5. The summed E-state index contributed by atoms with van der Waals surface area (Å²) in [5, 5.41) is 0. The van der Waals surface area contributed by atoms with Gasteiger partial charge in [-0.3, -0.25) is 0 Å². The topological polar surface area (TPSA) is 44.5 Å². The van der Waals surface area contributed by atoms with Crippen LogP contribution in [0.2, 0.25) is 0 Å². The molecule has 0 atom stereocenters. The Labute approximate surface area is 116 Å². The van der Waals surface area contributed by atoms with E-state index < -0.39 is 0 Å². The fourth-order valence-electron chi connectivity index (χ4n) is 2.78. The lowest BCUT2D eigenvalue weighted by molar-refractivity contribution is 0.168. The summed E-state index contributed by atoms with van der Waals surface area (Å²) in [5.41, 5.74) is 8.77. The zero-order valence-corrected chi connectivity index (χ0v) is 12.2. The second-order valence-electron chi connectivity index (χ2n) is 5.08. The van der Waals surface area contributed by atoms with Gasteiger partial charge in [-0.1, -0.05) is 6.92 Å². The molecule has 0 spiro atoms. The van der Waals surface area contributed by atoms with E-state index in [4.69, 9.17) is 15.2 Å². The van der Waals surface area contributed by atoms with Crippen molar-refractivity contribution in [2.45, 2.75) is 31.6 Å². The Bertz CT molecular complexity index is 483. The first kappa shape index (κ1) is 12.3. The fourth-order valence-corrected chi connectivity index (χ4v) is 3.30. The number of hydrogen-bond donors (Lipinski definition) is 1. The molecule has 1 aromatic carbocycles. The molecule has 0 amide bonds. The maximum Gasteiger partial charge on any atom is 0.175 e. The van der Waals surface area contributed by atoms with Crippen LogP contribution in [0.25, 0.3) is 0 Å². The van der Waals surface area contributed by atoms with Crippen LogP contribution in [0.3, 0.4) is 0 Å². The smallest absolute Gasteiger partial charge is 0.175 e. The summed E-state index contributed by atoms with van der Waals surface area (Å²) in [6.45, 7) is 4.13. The summed E-state index contributed by atoms with van der Waals surface area (Å²) in [6.07, 6.45) is 3.32. The average Bonchev–Trinajstić information content (AvgIpc) is 3.20. The lowest BCUT2D eigenvalue weighted by atomic mass is 9.89. The quantitative estimate of drug-likeness (QED) is 0.933. The van der Waals surface area contributed by atoms with Crippen LogP contribution in [0, 0.1) is 0 Å². The number of halogens is 1. The van der Waals surface area contributed by atoms with Gasteiger partial charge in [-0.15, -0.1) is 0 Å². The monoisotopic (exact) mass is 311 g/mol. The number of nitrogens with two attached hydrogens (primary N) is 1. The van der Waals surface area contributed by atoms with E-state index in [9.17, 15) is 0 Å². The highest BCUT2D eigenvalue weighted by Crippen LogP contribution is 2.53. The number of benzene rings is 1. The minimum atomic E-state index is 0.184. The first-order valence-electron chi connectivity index (χ1n) is 6.53. The van der Waals surface area contributed by atoms with Crippen molar-refractivity contribution in [3.63, 3.8) is 0 Å². The van der Waals surface area contributed by atoms with Crippen LogP contribution in [0.4, 0.5) is 0 Å². The van der Waals surface area contributed by atoms with E-state index in [-0.39, 0.29) is 5.41 Å². The summed E-state index contributed by atoms with van der Waals surface area (Å²) in [7, 11) is 0. The van der Waals surface area contributed by atoms with Gasteiger partial charge in [0.2, 0.25) is 0 Å². The highest BCUT2D eigenvalue weighted by molar-refractivity contribution is 9.10. The van der Waals surface area contributed by atoms with Crippen LogP contribution >= 0.6 is 15.9 Å². The molecule has 0 aromatic heterocycles. The second kappa shape index (κ2) is 4.42. The third kappa shape index (κ3) is 1.74. The Kier molecular flexibility index (Phi) is 3.02. The molecule has 2 N–H and O–H groups in total. The molecule has 1 fully saturated rings. The van der Waals surface area contributed by atoms with Gasteiger partial charge in [-0.2, -0.15) is 0 Å². The summed E-state index contributed by atoms with van der Waals surface area (Å²) in [6, 6.07) is 2.19. The highest BCUT2D eigenvalue weighted by Gasteiger charge is 2.45. The Morgan fingerprint density at radius 3 is 2.50 bits per heavy atom. The lowest BCUT2D eigenvalue weighted by Gasteiger charge is -2.26. The maximum absolute atomic E-state index is 5.96. The van der Waals surface area contributed by atoms with Crippen molar-refractivity contribution in [3.8, 4) is 11.5 Å². The van der Waals surface area contributed by atoms with E-state index in [2.05, 4.69) is 28.9 Å². The van der Waals surface area contributed by atoms with Gasteiger partial charge in [0.25, 0.3) is 0 Å². The van der Waals surface area contributed by atoms with Gasteiger partial charge < -0.3 is 15.2 Å². The van der Waals surface area contributed by atoms with E-state index >= 15 is 0 Å². The zero-order valence-electron chi connectivity index (χ0n) is 10.6. The van der Waals surface area contributed by atoms with E-state index in [1.54, 1.807) is 0 Å². The molecule has 2 aliphatic rings. The molecular weight excluding hydrogens is 294 g/mol. The average molecular weight is 312 g/mol. The van der Waals surface area contributed by atoms with Gasteiger partial charge in [-0.25, -0.2) is 0 Å². The molecule has 1 aliphatic carbocycles. The van der Waals surface area contributed by atoms with Crippen molar-refractivity contribution in [2.75, 3.05) is 19.8 Å². The maximum atomic E-state index is 5.96. The molecule has 0 unspecified atom stereocenters. The van der Waals surface area contributed by atoms with Crippen molar-refractivity contribution in [3.05, 3.63) is 21.7 Å². The van der Waals surface area contributed by atoms with Crippen molar-refractivity contribution in [2.24, 2.45) is 5.73 Å². The van der Waals surface area contributed by atoms with Crippen LogP contribution in [-0.4, -0.2) is 19.8 Å². The molecule has 3 rings (SSSR count). The molecule has 1 aliphatic heterocycles. The van der Waals surface area contributed by atoms with Crippen LogP contribution in [-0.2, 0) is 11.8 Å². The lowest BCUT2D eigenvalue weighted by Crippen LogP contribution is -2.24. The van der Waals surface area contributed by atoms with Crippen molar-refractivity contribution >= 4 is 15.9 Å². The van der Waals surface area contributed by atoms with Crippen LogP contribution in [0.15, 0.2) is 10.5 Å². The molecule has 3 nitrogen and oxygen atoms in total. The van der Waals surface area contributed by atoms with Gasteiger partial charge >= 0.3 is 0 Å². The third-order valence-corrected chi connectivity index (χ3v) is 4.63. The highest BCUT2D eigenvalue weighted by atomic mass is 79.9. The Morgan fingerprint density at radius 2 is 1.94 bits per heavy atom. The summed E-state index contributed by atoms with van der Waals surface area (Å²) >= 11 is 3.60. The van der Waals surface area contributed by atoms with Gasteiger partial charge in [0.1, 0.15) is 13.2 Å². The number of rotatable bonds is 3. The number of fused-ring (bicyclic) bond motifs is 1. The minimum absolute atomic E-state index is 0.184. The largest absolute Gasteiger partial charge is 0.486 e. The molecule has 0 bridgehead atoms. The summed E-state index contributed by atoms with van der Waals surface area (Å²) in [4.78, 5) is 0. The Hall–Kier alpha value is -0.740. The first-order chi connectivity index (χ1) is 8.72. The predicted octanol–water partition coefficient (Wildman–Crippen LogP) is 2.77. The molecule has 0 saturated heterocycles. The van der Waals surface area contributed by atoms with Gasteiger partial charge in [0.15, 0.2) is 11.5 Å². The van der Waals surface area contributed by atoms with E-state index in [1.165, 1.54) is 24.0 Å². The fraction of sp³-hybridized carbons (Fsp3) is 0.571. The summed E-state index contributed by atoms with van der Waals surface area (Å²) in [5.74, 6) is 1.78. The second-order valence-corrected chi connectivity index (χ2v) is 5.93. The number of ether oxygens (including phenoxy) is 2. The minimum Gasteiger partial charge on any atom is -0.486 e. The van der Waals surface area contributed by atoms with E-state index in [0.29, 0.717) is 19.8 Å². The van der Waals surface area contributed by atoms with Crippen molar-refractivity contribution < 1.29 is 9.47 Å². The standard InChI is InChI=1S/C14H18BrNO2/c1-2-9-10(14(8-16)3-4-14)7-11(15)13-12(9)17-5-6-18-13/h7H,2-6,8,16H2,1H3. The van der Waals surface area contributed by atoms with Crippen molar-refractivity contribution in [1.29, 1.82) is 0 Å². The van der Waals surface area contributed by atoms with Crippen molar-refractivity contribution in [1.82, 2.24) is 0 Å². The van der Waals surface area contributed by atoms with Gasteiger partial charge in [0.05, 0.1) is 4.47 Å². The van der Waals surface area contributed by atoms with E-state index in [0.717, 1.165) is 22.4 Å². The van der Waals surface area contributed by atoms with Crippen LogP contribution in [0.1, 0.15) is 30.9 Å². The zero-order chi connectivity index (χ0) is 12.8. The Balaban J connectivity index is 2.17. The molecule has 98 valence electrons. The third-order valence-electron chi connectivity index (χ3n) is 4.04. The van der Waals surface area contributed by atoms with E-state index in [1.807, 2.05) is 0 Å². The van der Waals surface area contributed by atoms with Gasteiger partial charge in [-0.05, 0) is 46.8 Å². The first-order valence-corrected chi connectivity index (χ1v) is 7.32. The predicted molar refractivity (Wildman–Crippen MR) is 74.5 cm³/mol. The molecular formula is C14H18BrNO2. The number of hydrogen-bond acceptors (Lipinski definition) is 3. The molecule has 1 saturated carbocycles. The van der Waals surface area contributed by atoms with Crippen LogP contribution < -0.4 is 15.2 Å². The van der Waals surface area contributed by atoms with Crippen LogP contribution in [0.5, 0.6) is 11.5 Å². The SMILES string of the molecule is CCc1c(C2(CN)CC2)cc(Br)c2c1OCCO2. The molecule has 0 radical (unpaired) electrons. The molecule has 1 aromatic rings.